The summed E-state index contributed by atoms with van der Waals surface area (Å²) >= 11 is 0. The number of Topliss-reactive ketones (excluding diaryl/α,β-unsaturated/α-hetero) is 1. The van der Waals surface area contributed by atoms with Gasteiger partial charge in [-0.05, 0) is 29.5 Å². The zero-order valence-corrected chi connectivity index (χ0v) is 17.6. The lowest BCUT2D eigenvalue weighted by Crippen LogP contribution is -2.37. The highest BCUT2D eigenvalue weighted by atomic mass is 16.5. The van der Waals surface area contributed by atoms with Gasteiger partial charge in [-0.1, -0.05) is 26.0 Å². The molecule has 2 aliphatic rings. The van der Waals surface area contributed by atoms with Crippen LogP contribution >= 0.6 is 0 Å². The van der Waals surface area contributed by atoms with Crippen LogP contribution in [0.1, 0.15) is 50.2 Å². The second-order valence-electron chi connectivity index (χ2n) is 8.67. The van der Waals surface area contributed by atoms with Crippen molar-refractivity contribution in [2.75, 3.05) is 13.7 Å². The number of allylic oxidation sites excluding steroid dienone is 2. The average Bonchev–Trinajstić information content (AvgIpc) is 2.71. The lowest BCUT2D eigenvalue weighted by molar-refractivity contribution is -0.118. The number of methoxy groups -OCH3 is 1. The van der Waals surface area contributed by atoms with Gasteiger partial charge in [0.2, 0.25) is 5.88 Å². The molecule has 1 aliphatic carbocycles. The Morgan fingerprint density at radius 1 is 1.30 bits per heavy atom. The summed E-state index contributed by atoms with van der Waals surface area (Å²) in [6.07, 6.45) is 3.18. The van der Waals surface area contributed by atoms with Gasteiger partial charge in [-0.15, -0.1) is 0 Å². The average molecular weight is 409 g/mol. The van der Waals surface area contributed by atoms with Crippen molar-refractivity contribution in [2.45, 2.75) is 45.6 Å². The first-order chi connectivity index (χ1) is 14.3. The molecule has 1 aliphatic heterocycles. The number of benzene rings is 1. The number of aliphatic hydroxyl groups excluding tert-OH is 1. The summed E-state index contributed by atoms with van der Waals surface area (Å²) in [6.45, 7) is 4.63. The molecular formula is C23H27N3O4. The smallest absolute Gasteiger partial charge is 0.228 e. The van der Waals surface area contributed by atoms with Crippen LogP contribution in [-0.2, 0) is 11.3 Å². The summed E-state index contributed by atoms with van der Waals surface area (Å²) < 4.78 is 13.1. The van der Waals surface area contributed by atoms with Gasteiger partial charge in [-0.25, -0.2) is 4.98 Å². The molecule has 1 aromatic carbocycles. The summed E-state index contributed by atoms with van der Waals surface area (Å²) in [5.41, 5.74) is 2.18. The predicted molar refractivity (Wildman–Crippen MR) is 110 cm³/mol. The van der Waals surface area contributed by atoms with Gasteiger partial charge >= 0.3 is 0 Å². The number of nitrogens with zero attached hydrogens (tertiary/aromatic N) is 2. The number of aliphatic hydroxyl groups is 1. The molecule has 2 N–H and O–H groups in total. The van der Waals surface area contributed by atoms with Crippen LogP contribution in [0.15, 0.2) is 41.9 Å². The molecule has 158 valence electrons. The standard InChI is InChI=1S/C23H27N3O4/c1-23(2)11-16(28)19-17(12-23)30-22-20(21(24)26(13-25-22)9-4-10-27)18(19)14-5-7-15(29-3)8-6-14/h5-8,13,18,24,27H,4,9-12H2,1-3H3/t18-/m1/s1. The normalized spacial score (nSPS) is 19.7. The minimum Gasteiger partial charge on any atom is -0.497 e. The molecule has 0 radical (unpaired) electrons. The van der Waals surface area contributed by atoms with E-state index in [2.05, 4.69) is 18.8 Å². The largest absolute Gasteiger partial charge is 0.497 e. The number of rotatable bonds is 5. The molecule has 4 rings (SSSR count). The Kier molecular flexibility index (Phi) is 5.24. The molecule has 0 spiro atoms. The number of carbonyl (C=O) groups is 1. The highest BCUT2D eigenvalue weighted by Gasteiger charge is 2.43. The lowest BCUT2D eigenvalue weighted by atomic mass is 9.70. The number of ether oxygens (including phenoxy) is 2. The minimum absolute atomic E-state index is 0.0325. The number of nitrogens with one attached hydrogen (secondary N) is 1. The van der Waals surface area contributed by atoms with E-state index in [0.29, 0.717) is 48.6 Å². The molecule has 2 aromatic rings. The van der Waals surface area contributed by atoms with Crippen molar-refractivity contribution in [1.82, 2.24) is 9.55 Å². The predicted octanol–water partition coefficient (Wildman–Crippen LogP) is 2.92. The van der Waals surface area contributed by atoms with Crippen LogP contribution in [0.2, 0.25) is 0 Å². The Hall–Kier alpha value is -2.93. The molecule has 0 bridgehead atoms. The van der Waals surface area contributed by atoms with Crippen molar-refractivity contribution in [3.63, 3.8) is 0 Å². The fourth-order valence-electron chi connectivity index (χ4n) is 4.34. The molecule has 30 heavy (non-hydrogen) atoms. The summed E-state index contributed by atoms with van der Waals surface area (Å²) in [4.78, 5) is 17.7. The van der Waals surface area contributed by atoms with Gasteiger partial charge in [0.05, 0.1) is 12.7 Å². The first kappa shape index (κ1) is 20.3. The van der Waals surface area contributed by atoms with E-state index >= 15 is 0 Å². The number of hydrogen-bond acceptors (Lipinski definition) is 6. The van der Waals surface area contributed by atoms with Crippen molar-refractivity contribution < 1.29 is 19.4 Å². The molecule has 0 fully saturated rings. The van der Waals surface area contributed by atoms with E-state index in [1.807, 2.05) is 24.3 Å². The molecule has 0 unspecified atom stereocenters. The first-order valence-corrected chi connectivity index (χ1v) is 10.2. The lowest BCUT2D eigenvalue weighted by Gasteiger charge is -2.38. The van der Waals surface area contributed by atoms with E-state index in [-0.39, 0.29) is 23.3 Å². The Balaban J connectivity index is 1.91. The Labute approximate surface area is 175 Å². The maximum atomic E-state index is 13.2. The number of hydrogen-bond donors (Lipinski definition) is 2. The van der Waals surface area contributed by atoms with E-state index in [9.17, 15) is 9.90 Å². The summed E-state index contributed by atoms with van der Waals surface area (Å²) in [6, 6.07) is 7.59. The van der Waals surface area contributed by atoms with Crippen molar-refractivity contribution in [3.05, 3.63) is 58.5 Å². The van der Waals surface area contributed by atoms with Crippen LogP contribution in [0, 0.1) is 10.8 Å². The third-order valence-corrected chi connectivity index (χ3v) is 5.77. The van der Waals surface area contributed by atoms with Crippen molar-refractivity contribution in [2.24, 2.45) is 5.41 Å². The number of ketones is 1. The Morgan fingerprint density at radius 3 is 2.70 bits per heavy atom. The third-order valence-electron chi connectivity index (χ3n) is 5.77. The first-order valence-electron chi connectivity index (χ1n) is 10.2. The molecule has 1 atom stereocenters. The molecule has 7 nitrogen and oxygen atoms in total. The fourth-order valence-corrected chi connectivity index (χ4v) is 4.34. The number of aryl methyl sites for hydroxylation is 1. The second kappa shape index (κ2) is 7.72. The van der Waals surface area contributed by atoms with Crippen LogP contribution in [0.25, 0.3) is 0 Å². The number of fused-ring (bicyclic) bond motifs is 1. The molecule has 0 saturated heterocycles. The van der Waals surface area contributed by atoms with Crippen molar-refractivity contribution in [3.8, 4) is 11.6 Å². The molecule has 2 heterocycles. The highest BCUT2D eigenvalue weighted by Crippen LogP contribution is 2.48. The molecule has 0 saturated carbocycles. The maximum absolute atomic E-state index is 13.2. The molecule has 1 aromatic heterocycles. The quantitative estimate of drug-likeness (QED) is 0.791. The molecular weight excluding hydrogens is 382 g/mol. The zero-order chi connectivity index (χ0) is 21.5. The topological polar surface area (TPSA) is 97.4 Å². The van der Waals surface area contributed by atoms with Gasteiger partial charge in [-0.3, -0.25) is 10.2 Å². The second-order valence-corrected chi connectivity index (χ2v) is 8.67. The van der Waals surface area contributed by atoms with Crippen LogP contribution in [0.4, 0.5) is 0 Å². The molecule has 7 heteroatoms. The van der Waals surface area contributed by atoms with Gasteiger partial charge in [0.1, 0.15) is 23.3 Å². The fraction of sp³-hybridized carbons (Fsp3) is 0.435. The van der Waals surface area contributed by atoms with Gasteiger partial charge in [-0.2, -0.15) is 0 Å². The SMILES string of the molecule is COc1ccc([C@@H]2C3=C(CC(C)(C)CC3=O)Oc3ncn(CCCO)c(=N)c32)cc1. The summed E-state index contributed by atoms with van der Waals surface area (Å²) in [5.74, 6) is 1.40. The van der Waals surface area contributed by atoms with Crippen LogP contribution in [-0.4, -0.2) is 34.2 Å². The van der Waals surface area contributed by atoms with Crippen molar-refractivity contribution >= 4 is 5.78 Å². The van der Waals surface area contributed by atoms with Crippen LogP contribution in [0.3, 0.4) is 0 Å². The van der Waals surface area contributed by atoms with E-state index in [4.69, 9.17) is 14.9 Å². The zero-order valence-electron chi connectivity index (χ0n) is 17.6. The van der Waals surface area contributed by atoms with E-state index in [1.54, 1.807) is 18.0 Å². The van der Waals surface area contributed by atoms with Gasteiger partial charge in [0, 0.05) is 37.5 Å². The summed E-state index contributed by atoms with van der Waals surface area (Å²) in [5, 5.41) is 18.0. The van der Waals surface area contributed by atoms with E-state index in [1.165, 1.54) is 0 Å². The van der Waals surface area contributed by atoms with Crippen LogP contribution < -0.4 is 15.0 Å². The Bertz CT molecular complexity index is 1070. The molecule has 0 amide bonds. The van der Waals surface area contributed by atoms with Gasteiger partial charge in [0.15, 0.2) is 5.78 Å². The van der Waals surface area contributed by atoms with Crippen molar-refractivity contribution in [1.29, 1.82) is 5.41 Å². The number of carbonyl (C=O) groups excluding carboxylic acids is 1. The monoisotopic (exact) mass is 409 g/mol. The third kappa shape index (κ3) is 3.54. The number of aromatic nitrogens is 2. The summed E-state index contributed by atoms with van der Waals surface area (Å²) in [7, 11) is 1.61. The minimum atomic E-state index is -0.417. The Morgan fingerprint density at radius 2 is 2.03 bits per heavy atom. The van der Waals surface area contributed by atoms with Crippen LogP contribution in [0.5, 0.6) is 11.6 Å². The van der Waals surface area contributed by atoms with E-state index < -0.39 is 5.92 Å². The maximum Gasteiger partial charge on any atom is 0.228 e. The van der Waals surface area contributed by atoms with Gasteiger partial charge in [0.25, 0.3) is 0 Å². The van der Waals surface area contributed by atoms with E-state index in [0.717, 1.165) is 11.3 Å². The highest BCUT2D eigenvalue weighted by molar-refractivity contribution is 6.00. The van der Waals surface area contributed by atoms with Gasteiger partial charge < -0.3 is 19.1 Å².